The molecule has 3 rings (SSSR count). The number of benzene rings is 2. The van der Waals surface area contributed by atoms with Crippen molar-refractivity contribution in [3.63, 3.8) is 0 Å². The van der Waals surface area contributed by atoms with Gasteiger partial charge in [-0.3, -0.25) is 4.79 Å². The van der Waals surface area contributed by atoms with Crippen LogP contribution in [0.4, 0.5) is 0 Å². The number of thioether (sulfide) groups is 1. The molecule has 2 aromatic carbocycles. The van der Waals surface area contributed by atoms with Gasteiger partial charge >= 0.3 is 0 Å². The van der Waals surface area contributed by atoms with Crippen LogP contribution in [0.2, 0.25) is 0 Å². The van der Waals surface area contributed by atoms with Crippen LogP contribution in [-0.2, 0) is 11.3 Å². The Balaban J connectivity index is 1.87. The first-order valence-electron chi connectivity index (χ1n) is 8.06. The number of hydrogen-bond acceptors (Lipinski definition) is 6. The van der Waals surface area contributed by atoms with Gasteiger partial charge in [0.05, 0.1) is 27.1 Å². The molecule has 1 atom stereocenters. The lowest BCUT2D eigenvalue weighted by Crippen LogP contribution is -2.27. The van der Waals surface area contributed by atoms with Crippen LogP contribution in [0, 0.1) is 0 Å². The number of hydrogen-bond donors (Lipinski definition) is 1. The van der Waals surface area contributed by atoms with Crippen LogP contribution in [0.1, 0.15) is 16.5 Å². The lowest BCUT2D eigenvalue weighted by molar-refractivity contribution is -0.128. The molecule has 1 fully saturated rings. The molecule has 6 nitrogen and oxygen atoms in total. The van der Waals surface area contributed by atoms with Crippen LogP contribution in [-0.4, -0.2) is 43.0 Å². The number of carbonyl (C=O) groups is 1. The van der Waals surface area contributed by atoms with E-state index in [2.05, 4.69) is 0 Å². The van der Waals surface area contributed by atoms with Crippen LogP contribution in [0.15, 0.2) is 36.4 Å². The second-order valence-corrected chi connectivity index (χ2v) is 6.87. The summed E-state index contributed by atoms with van der Waals surface area (Å²) in [4.78, 5) is 14.2. The lowest BCUT2D eigenvalue weighted by Gasteiger charge is -2.25. The minimum Gasteiger partial charge on any atom is -0.504 e. The number of carbonyl (C=O) groups excluding carboxylic acids is 1. The Hall–Kier alpha value is -2.54. The van der Waals surface area contributed by atoms with Crippen molar-refractivity contribution in [2.24, 2.45) is 0 Å². The summed E-state index contributed by atoms with van der Waals surface area (Å²) in [5.41, 5.74) is 1.87. The fourth-order valence-corrected chi connectivity index (χ4v) is 4.10. The zero-order valence-electron chi connectivity index (χ0n) is 14.9. The molecule has 1 unspecified atom stereocenters. The van der Waals surface area contributed by atoms with Crippen molar-refractivity contribution in [3.05, 3.63) is 47.5 Å². The van der Waals surface area contributed by atoms with Gasteiger partial charge in [-0.2, -0.15) is 0 Å². The third kappa shape index (κ3) is 3.53. The minimum absolute atomic E-state index is 0.0711. The average Bonchev–Trinajstić information content (AvgIpc) is 3.03. The van der Waals surface area contributed by atoms with Crippen molar-refractivity contribution in [2.75, 3.05) is 27.1 Å². The number of rotatable bonds is 6. The number of ether oxygens (including phenoxy) is 3. The molecule has 7 heteroatoms. The van der Waals surface area contributed by atoms with E-state index < -0.39 is 0 Å². The van der Waals surface area contributed by atoms with Crippen molar-refractivity contribution in [1.82, 2.24) is 4.90 Å². The Morgan fingerprint density at radius 2 is 1.77 bits per heavy atom. The normalized spacial score (nSPS) is 16.7. The Bertz CT molecular complexity index is 811. The molecule has 0 aromatic heterocycles. The summed E-state index contributed by atoms with van der Waals surface area (Å²) in [5, 5.41) is 9.64. The van der Waals surface area contributed by atoms with Gasteiger partial charge in [-0.15, -0.1) is 11.8 Å². The average molecular weight is 375 g/mol. The van der Waals surface area contributed by atoms with Crippen molar-refractivity contribution in [1.29, 1.82) is 0 Å². The summed E-state index contributed by atoms with van der Waals surface area (Å²) in [6, 6.07) is 10.8. The Kier molecular flexibility index (Phi) is 5.46. The summed E-state index contributed by atoms with van der Waals surface area (Å²) < 4.78 is 15.8. The van der Waals surface area contributed by atoms with Crippen LogP contribution >= 0.6 is 11.8 Å². The largest absolute Gasteiger partial charge is 0.504 e. The highest BCUT2D eigenvalue weighted by Crippen LogP contribution is 2.42. The second kappa shape index (κ2) is 7.78. The Morgan fingerprint density at radius 3 is 2.46 bits per heavy atom. The highest BCUT2D eigenvalue weighted by Gasteiger charge is 2.33. The first-order chi connectivity index (χ1) is 12.6. The standard InChI is InChI=1S/C19H21NO5S/c1-23-15-7-5-13(9-17(15)25-3)19-20(18(22)11-26-19)10-12-4-6-14(21)16(8-12)24-2/h4-9,19,21H,10-11H2,1-3H3. The van der Waals surface area contributed by atoms with Gasteiger partial charge < -0.3 is 24.2 Å². The highest BCUT2D eigenvalue weighted by molar-refractivity contribution is 8.00. The quantitative estimate of drug-likeness (QED) is 0.836. The molecule has 1 N–H and O–H groups in total. The zero-order valence-corrected chi connectivity index (χ0v) is 15.7. The van der Waals surface area contributed by atoms with E-state index in [1.165, 1.54) is 7.11 Å². The van der Waals surface area contributed by atoms with Gasteiger partial charge in [0.25, 0.3) is 0 Å². The summed E-state index contributed by atoms with van der Waals surface area (Å²) >= 11 is 1.58. The van der Waals surface area contributed by atoms with Gasteiger partial charge in [-0.1, -0.05) is 12.1 Å². The molecule has 138 valence electrons. The molecule has 0 radical (unpaired) electrons. The molecule has 0 aliphatic carbocycles. The van der Waals surface area contributed by atoms with E-state index in [-0.39, 0.29) is 17.0 Å². The fraction of sp³-hybridized carbons (Fsp3) is 0.316. The summed E-state index contributed by atoms with van der Waals surface area (Å²) in [7, 11) is 4.69. The van der Waals surface area contributed by atoms with Crippen molar-refractivity contribution >= 4 is 17.7 Å². The SMILES string of the molecule is COc1cc(CN2C(=O)CSC2c2ccc(OC)c(OC)c2)ccc1O. The number of phenols is 1. The number of aromatic hydroxyl groups is 1. The summed E-state index contributed by atoms with van der Waals surface area (Å²) in [6.45, 7) is 0.432. The molecule has 2 aromatic rings. The monoisotopic (exact) mass is 375 g/mol. The molecule has 1 saturated heterocycles. The lowest BCUT2D eigenvalue weighted by atomic mass is 10.1. The smallest absolute Gasteiger partial charge is 0.234 e. The van der Waals surface area contributed by atoms with Crippen molar-refractivity contribution < 1.29 is 24.1 Å². The topological polar surface area (TPSA) is 68.2 Å². The fourth-order valence-electron chi connectivity index (χ4n) is 2.92. The highest BCUT2D eigenvalue weighted by atomic mass is 32.2. The summed E-state index contributed by atoms with van der Waals surface area (Å²) in [5.74, 6) is 2.26. The third-order valence-electron chi connectivity index (χ3n) is 4.26. The maximum absolute atomic E-state index is 12.4. The molecule has 0 saturated carbocycles. The number of nitrogens with zero attached hydrogens (tertiary/aromatic N) is 1. The van der Waals surface area contributed by atoms with Gasteiger partial charge in [0.2, 0.25) is 5.91 Å². The Labute approximate surface area is 156 Å². The molecule has 1 heterocycles. The first kappa shape index (κ1) is 18.3. The van der Waals surface area contributed by atoms with Crippen LogP contribution in [0.5, 0.6) is 23.0 Å². The van der Waals surface area contributed by atoms with Gasteiger partial charge in [-0.05, 0) is 35.4 Å². The number of phenolic OH excluding ortho intramolecular Hbond substituents is 1. The van der Waals surface area contributed by atoms with Crippen molar-refractivity contribution in [2.45, 2.75) is 11.9 Å². The molecular weight excluding hydrogens is 354 g/mol. The predicted octanol–water partition coefficient (Wildman–Crippen LogP) is 3.19. The third-order valence-corrected chi connectivity index (χ3v) is 5.51. The van der Waals surface area contributed by atoms with Crippen molar-refractivity contribution in [3.8, 4) is 23.0 Å². The van der Waals surface area contributed by atoms with E-state index in [9.17, 15) is 9.90 Å². The van der Waals surface area contributed by atoms with E-state index in [1.807, 2.05) is 23.1 Å². The zero-order chi connectivity index (χ0) is 18.7. The second-order valence-electron chi connectivity index (χ2n) is 5.81. The van der Waals surface area contributed by atoms with E-state index in [4.69, 9.17) is 14.2 Å². The first-order valence-corrected chi connectivity index (χ1v) is 9.11. The molecule has 1 aliphatic heterocycles. The number of amides is 1. The van der Waals surface area contributed by atoms with Crippen LogP contribution in [0.3, 0.4) is 0 Å². The minimum atomic E-state index is -0.109. The van der Waals surface area contributed by atoms with Crippen LogP contribution < -0.4 is 14.2 Å². The predicted molar refractivity (Wildman–Crippen MR) is 100.0 cm³/mol. The van der Waals surface area contributed by atoms with E-state index in [0.29, 0.717) is 29.5 Å². The van der Waals surface area contributed by atoms with Gasteiger partial charge in [0, 0.05) is 6.54 Å². The van der Waals surface area contributed by atoms with E-state index >= 15 is 0 Å². The molecule has 0 spiro atoms. The number of methoxy groups -OCH3 is 3. The van der Waals surface area contributed by atoms with E-state index in [1.54, 1.807) is 44.2 Å². The molecule has 1 aliphatic rings. The van der Waals surface area contributed by atoms with Gasteiger partial charge in [-0.25, -0.2) is 0 Å². The maximum atomic E-state index is 12.4. The van der Waals surface area contributed by atoms with E-state index in [0.717, 1.165) is 11.1 Å². The van der Waals surface area contributed by atoms with Gasteiger partial charge in [0.15, 0.2) is 23.0 Å². The maximum Gasteiger partial charge on any atom is 0.234 e. The molecule has 26 heavy (non-hydrogen) atoms. The Morgan fingerprint density at radius 1 is 1.04 bits per heavy atom. The molecule has 0 bridgehead atoms. The molecule has 1 amide bonds. The van der Waals surface area contributed by atoms with Gasteiger partial charge in [0.1, 0.15) is 5.37 Å². The summed E-state index contributed by atoms with van der Waals surface area (Å²) in [6.07, 6.45) is 0. The van der Waals surface area contributed by atoms with Crippen LogP contribution in [0.25, 0.3) is 0 Å². The molecular formula is C19H21NO5S.